The summed E-state index contributed by atoms with van der Waals surface area (Å²) in [4.78, 5) is 2.47. The van der Waals surface area contributed by atoms with E-state index in [1.807, 2.05) is 0 Å². The first-order valence-electron chi connectivity index (χ1n) is 3.89. The summed E-state index contributed by atoms with van der Waals surface area (Å²) in [6.07, 6.45) is 0. The van der Waals surface area contributed by atoms with Gasteiger partial charge in [-0.15, -0.1) is 0 Å². The number of benzene rings is 1. The van der Waals surface area contributed by atoms with E-state index >= 15 is 0 Å². The molecule has 6 heteroatoms. The molecular formula is C9H6F2N4. The largest absolute Gasteiger partial charge is 0.396 e. The van der Waals surface area contributed by atoms with Gasteiger partial charge in [-0.05, 0) is 11.6 Å². The molecule has 0 radical (unpaired) electrons. The van der Waals surface area contributed by atoms with E-state index in [4.69, 9.17) is 11.3 Å². The predicted molar refractivity (Wildman–Crippen MR) is 51.7 cm³/mol. The number of nitrogens with zero attached hydrogens (tertiary/aromatic N) is 3. The highest BCUT2D eigenvalue weighted by molar-refractivity contribution is 5.49. The van der Waals surface area contributed by atoms with Crippen molar-refractivity contribution in [1.82, 2.24) is 0 Å². The normalized spacial score (nSPS) is 8.67. The molecule has 0 bridgehead atoms. The molecule has 0 aliphatic heterocycles. The second-order valence-electron chi connectivity index (χ2n) is 2.54. The van der Waals surface area contributed by atoms with Gasteiger partial charge in [0, 0.05) is 11.0 Å². The van der Waals surface area contributed by atoms with Crippen LogP contribution < -0.4 is 5.73 Å². The molecule has 2 N–H and O–H groups in total. The van der Waals surface area contributed by atoms with Gasteiger partial charge >= 0.3 is 0 Å². The van der Waals surface area contributed by atoms with Crippen molar-refractivity contribution in [1.29, 1.82) is 0 Å². The minimum atomic E-state index is -0.826. The van der Waals surface area contributed by atoms with Crippen molar-refractivity contribution < 1.29 is 8.78 Å². The van der Waals surface area contributed by atoms with Gasteiger partial charge in [0.25, 0.3) is 0 Å². The summed E-state index contributed by atoms with van der Waals surface area (Å²) in [5.41, 5.74) is 13.0. The van der Waals surface area contributed by atoms with Crippen LogP contribution in [0.15, 0.2) is 17.2 Å². The monoisotopic (exact) mass is 208 g/mol. The van der Waals surface area contributed by atoms with Crippen LogP contribution in [0.25, 0.3) is 10.4 Å². The maximum absolute atomic E-state index is 13.0. The number of halogens is 2. The van der Waals surface area contributed by atoms with E-state index < -0.39 is 11.6 Å². The fraction of sp³-hybridized carbons (Fsp3) is 0.111. The number of hydrogen-bond donors (Lipinski definition) is 1. The average molecular weight is 208 g/mol. The lowest BCUT2D eigenvalue weighted by Gasteiger charge is -1.98. The summed E-state index contributed by atoms with van der Waals surface area (Å²) in [6, 6.07) is 1.75. The van der Waals surface area contributed by atoms with Crippen LogP contribution >= 0.6 is 0 Å². The van der Waals surface area contributed by atoms with Gasteiger partial charge in [0.05, 0.1) is 17.8 Å². The van der Waals surface area contributed by atoms with Crippen molar-refractivity contribution in [2.24, 2.45) is 5.11 Å². The van der Waals surface area contributed by atoms with Crippen LogP contribution in [0.2, 0.25) is 0 Å². The number of nitrogen functional groups attached to an aromatic ring is 1. The molecule has 0 aliphatic carbocycles. The Morgan fingerprint density at radius 2 is 2.13 bits per heavy atom. The summed E-state index contributed by atoms with van der Waals surface area (Å²) in [5, 5.41) is 3.14. The fourth-order valence-electron chi connectivity index (χ4n) is 0.863. The minimum Gasteiger partial charge on any atom is -0.396 e. The van der Waals surface area contributed by atoms with Gasteiger partial charge in [-0.2, -0.15) is 0 Å². The number of nitrogens with two attached hydrogens (primary N) is 1. The van der Waals surface area contributed by atoms with E-state index in [0.717, 1.165) is 6.07 Å². The Bertz CT molecular complexity index is 481. The predicted octanol–water partition coefficient (Wildman–Crippen LogP) is 2.21. The molecule has 0 spiro atoms. The number of azide groups is 1. The zero-order valence-corrected chi connectivity index (χ0v) is 7.54. The lowest BCUT2D eigenvalue weighted by Crippen LogP contribution is -1.94. The van der Waals surface area contributed by atoms with Crippen LogP contribution in [0, 0.1) is 23.5 Å². The van der Waals surface area contributed by atoms with Crippen molar-refractivity contribution in [3.8, 4) is 11.8 Å². The molecule has 0 fully saturated rings. The Morgan fingerprint density at radius 1 is 1.40 bits per heavy atom. The molecule has 76 valence electrons. The molecule has 0 unspecified atom stereocenters. The summed E-state index contributed by atoms with van der Waals surface area (Å²) >= 11 is 0. The third-order valence-corrected chi connectivity index (χ3v) is 1.52. The van der Waals surface area contributed by atoms with Crippen LogP contribution in [0.3, 0.4) is 0 Å². The molecule has 4 nitrogen and oxygen atoms in total. The number of rotatable bonds is 1. The van der Waals surface area contributed by atoms with E-state index in [0.29, 0.717) is 6.07 Å². The van der Waals surface area contributed by atoms with Crippen molar-refractivity contribution in [3.63, 3.8) is 0 Å². The van der Waals surface area contributed by atoms with Crippen LogP contribution in [0.4, 0.5) is 14.5 Å². The number of hydrogen-bond acceptors (Lipinski definition) is 2. The standard InChI is InChI=1S/C9H6F2N4/c10-7-5-8(11)9(12)4-6(7)2-1-3-14-15-13/h4-5H,3,12H2. The second kappa shape index (κ2) is 4.84. The van der Waals surface area contributed by atoms with E-state index in [9.17, 15) is 8.78 Å². The molecule has 0 atom stereocenters. The molecule has 1 rings (SSSR count). The quantitative estimate of drug-likeness (QED) is 0.248. The van der Waals surface area contributed by atoms with Crippen LogP contribution in [-0.2, 0) is 0 Å². The first-order valence-corrected chi connectivity index (χ1v) is 3.89. The molecule has 0 aliphatic rings. The van der Waals surface area contributed by atoms with Gasteiger partial charge in [0.15, 0.2) is 0 Å². The van der Waals surface area contributed by atoms with Crippen molar-refractivity contribution >= 4 is 5.69 Å². The molecule has 0 saturated carbocycles. The molecular weight excluding hydrogens is 202 g/mol. The van der Waals surface area contributed by atoms with E-state index in [2.05, 4.69) is 21.9 Å². The Hall–Kier alpha value is -2.25. The van der Waals surface area contributed by atoms with Crippen LogP contribution in [-0.4, -0.2) is 6.54 Å². The van der Waals surface area contributed by atoms with Gasteiger partial charge in [-0.1, -0.05) is 17.0 Å². The van der Waals surface area contributed by atoms with E-state index in [-0.39, 0.29) is 17.8 Å². The number of anilines is 1. The van der Waals surface area contributed by atoms with E-state index in [1.54, 1.807) is 0 Å². The summed E-state index contributed by atoms with van der Waals surface area (Å²) in [7, 11) is 0. The molecule has 0 aromatic heterocycles. The zero-order chi connectivity index (χ0) is 11.3. The lowest BCUT2D eigenvalue weighted by atomic mass is 10.2. The highest BCUT2D eigenvalue weighted by atomic mass is 19.1. The van der Waals surface area contributed by atoms with Crippen molar-refractivity contribution in [3.05, 3.63) is 39.8 Å². The SMILES string of the molecule is [N-]=[N+]=NCC#Cc1cc(N)c(F)cc1F. The Balaban J connectivity index is 2.98. The molecule has 0 heterocycles. The maximum atomic E-state index is 13.0. The summed E-state index contributed by atoms with van der Waals surface area (Å²) in [6.45, 7) is -0.0762. The lowest BCUT2D eigenvalue weighted by molar-refractivity contribution is 0.584. The highest BCUT2D eigenvalue weighted by Gasteiger charge is 2.04. The zero-order valence-electron chi connectivity index (χ0n) is 7.54. The van der Waals surface area contributed by atoms with Gasteiger partial charge in [0.2, 0.25) is 0 Å². The Morgan fingerprint density at radius 3 is 2.80 bits per heavy atom. The van der Waals surface area contributed by atoms with Crippen molar-refractivity contribution in [2.45, 2.75) is 0 Å². The van der Waals surface area contributed by atoms with Crippen LogP contribution in [0.5, 0.6) is 0 Å². The Labute approximate surface area is 84.3 Å². The Kier molecular flexibility index (Phi) is 3.49. The molecule has 1 aromatic rings. The molecule has 1 aromatic carbocycles. The maximum Gasteiger partial charge on any atom is 0.149 e. The van der Waals surface area contributed by atoms with Crippen LogP contribution in [0.1, 0.15) is 5.56 Å². The molecule has 0 saturated heterocycles. The highest BCUT2D eigenvalue weighted by Crippen LogP contribution is 2.15. The van der Waals surface area contributed by atoms with E-state index in [1.165, 1.54) is 0 Å². The smallest absolute Gasteiger partial charge is 0.149 e. The first kappa shape index (κ1) is 10.8. The minimum absolute atomic E-state index is 0.0259. The van der Waals surface area contributed by atoms with Gasteiger partial charge in [0.1, 0.15) is 11.6 Å². The van der Waals surface area contributed by atoms with Gasteiger partial charge < -0.3 is 5.73 Å². The summed E-state index contributed by atoms with van der Waals surface area (Å²) in [5.74, 6) is 3.16. The third-order valence-electron chi connectivity index (χ3n) is 1.52. The summed E-state index contributed by atoms with van der Waals surface area (Å²) < 4.78 is 25.8. The topological polar surface area (TPSA) is 74.8 Å². The van der Waals surface area contributed by atoms with Gasteiger partial charge in [-0.3, -0.25) is 0 Å². The first-order chi connectivity index (χ1) is 7.15. The average Bonchev–Trinajstić information content (AvgIpc) is 2.20. The fourth-order valence-corrected chi connectivity index (χ4v) is 0.863. The molecule has 15 heavy (non-hydrogen) atoms. The van der Waals surface area contributed by atoms with Gasteiger partial charge in [-0.25, -0.2) is 8.78 Å². The van der Waals surface area contributed by atoms with Crippen molar-refractivity contribution in [2.75, 3.05) is 12.3 Å². The molecule has 0 amide bonds. The second-order valence-corrected chi connectivity index (χ2v) is 2.54. The third kappa shape index (κ3) is 2.86.